The van der Waals surface area contributed by atoms with Crippen LogP contribution in [0.5, 0.6) is 0 Å². The van der Waals surface area contributed by atoms with E-state index in [-0.39, 0.29) is 5.97 Å². The van der Waals surface area contributed by atoms with Crippen LogP contribution in [0.3, 0.4) is 0 Å². The van der Waals surface area contributed by atoms with Gasteiger partial charge in [-0.25, -0.2) is 4.98 Å². The number of nitrogens with zero attached hydrogens (tertiary/aromatic N) is 2. The summed E-state index contributed by atoms with van der Waals surface area (Å²) in [6.07, 6.45) is 1.21. The van der Waals surface area contributed by atoms with Crippen LogP contribution in [0.25, 0.3) is 0 Å². The van der Waals surface area contributed by atoms with Gasteiger partial charge in [-0.05, 0) is 95.0 Å². The number of imidazole rings is 1. The number of rotatable bonds is 4. The average Bonchev–Trinajstić information content (AvgIpc) is 2.41. The van der Waals surface area contributed by atoms with E-state index in [1.54, 1.807) is 0 Å². The highest BCUT2D eigenvalue weighted by Gasteiger charge is 2.16. The normalized spacial score (nSPS) is 11.7. The summed E-state index contributed by atoms with van der Waals surface area (Å²) in [6, 6.07) is 0. The molecule has 18 heavy (non-hydrogen) atoms. The van der Waals surface area contributed by atoms with E-state index >= 15 is 0 Å². The highest BCUT2D eigenvalue weighted by molar-refractivity contribution is 14.1. The molecule has 0 bridgehead atoms. The first-order chi connectivity index (χ1) is 8.20. The highest BCUT2D eigenvalue weighted by atomic mass is 127. The maximum atomic E-state index is 11.6. The molecular formula is C11H15I3N2O2. The Kier molecular flexibility index (Phi) is 6.62. The van der Waals surface area contributed by atoms with Gasteiger partial charge in [0.2, 0.25) is 0 Å². The molecule has 1 heterocycles. The van der Waals surface area contributed by atoms with Crippen LogP contribution in [0.1, 0.15) is 33.6 Å². The summed E-state index contributed by atoms with van der Waals surface area (Å²) in [7, 11) is 0. The number of halogens is 3. The molecule has 0 radical (unpaired) electrons. The largest absolute Gasteiger partial charge is 0.460 e. The van der Waals surface area contributed by atoms with Crippen molar-refractivity contribution in [2.24, 2.45) is 0 Å². The Labute approximate surface area is 148 Å². The molecule has 0 aliphatic carbocycles. The van der Waals surface area contributed by atoms with E-state index in [2.05, 4.69) is 77.3 Å². The van der Waals surface area contributed by atoms with Gasteiger partial charge in [0.05, 0.1) is 0 Å². The summed E-state index contributed by atoms with van der Waals surface area (Å²) in [5.74, 6) is -0.137. The van der Waals surface area contributed by atoms with Crippen LogP contribution in [0.4, 0.5) is 0 Å². The summed E-state index contributed by atoms with van der Waals surface area (Å²) in [6.45, 7) is 6.45. The molecule has 0 aliphatic rings. The Morgan fingerprint density at radius 3 is 2.39 bits per heavy atom. The van der Waals surface area contributed by atoms with Crippen molar-refractivity contribution in [1.29, 1.82) is 0 Å². The molecule has 0 aromatic carbocycles. The highest BCUT2D eigenvalue weighted by Crippen LogP contribution is 2.19. The molecule has 0 fully saturated rings. The van der Waals surface area contributed by atoms with E-state index in [0.717, 1.165) is 24.2 Å². The van der Waals surface area contributed by atoms with Crippen molar-refractivity contribution in [1.82, 2.24) is 9.55 Å². The summed E-state index contributed by atoms with van der Waals surface area (Å²) in [4.78, 5) is 16.0. The van der Waals surface area contributed by atoms with Crippen LogP contribution in [0.15, 0.2) is 0 Å². The lowest BCUT2D eigenvalue weighted by molar-refractivity contribution is -0.154. The van der Waals surface area contributed by atoms with Crippen LogP contribution in [0, 0.1) is 11.2 Å². The van der Waals surface area contributed by atoms with Gasteiger partial charge in [-0.15, -0.1) is 0 Å². The monoisotopic (exact) mass is 588 g/mol. The number of carbonyl (C=O) groups is 1. The molecule has 1 rings (SSSR count). The molecule has 7 heteroatoms. The summed E-state index contributed by atoms with van der Waals surface area (Å²) in [5.41, 5.74) is -0.398. The van der Waals surface area contributed by atoms with Crippen molar-refractivity contribution in [2.45, 2.75) is 45.8 Å². The maximum absolute atomic E-state index is 11.6. The lowest BCUT2D eigenvalue weighted by atomic mass is 10.2. The van der Waals surface area contributed by atoms with Crippen molar-refractivity contribution < 1.29 is 9.53 Å². The molecule has 4 nitrogen and oxygen atoms in total. The zero-order valence-electron chi connectivity index (χ0n) is 10.5. The lowest BCUT2D eigenvalue weighted by Gasteiger charge is -2.19. The Bertz CT molecular complexity index is 438. The number of esters is 1. The summed E-state index contributed by atoms with van der Waals surface area (Å²) >= 11 is 6.71. The molecule has 0 saturated heterocycles. The molecular weight excluding hydrogens is 573 g/mol. The van der Waals surface area contributed by atoms with Gasteiger partial charge in [-0.3, -0.25) is 4.79 Å². The van der Waals surface area contributed by atoms with Crippen LogP contribution in [-0.4, -0.2) is 21.1 Å². The standard InChI is InChI=1S/C11H15I3N2O2/c1-11(2,3)18-7(17)5-4-6-16-9(13)8(12)15-10(16)14/h4-6H2,1-3H3. The molecule has 0 saturated carbocycles. The van der Waals surface area contributed by atoms with Crippen molar-refractivity contribution in [3.05, 3.63) is 11.2 Å². The van der Waals surface area contributed by atoms with E-state index in [4.69, 9.17) is 4.74 Å². The number of ether oxygens (including phenoxy) is 1. The SMILES string of the molecule is CC(C)(C)OC(=O)CCCn1c(I)nc(I)c1I. The van der Waals surface area contributed by atoms with E-state index in [1.807, 2.05) is 20.8 Å². The number of hydrogen-bond donors (Lipinski definition) is 0. The quantitative estimate of drug-likeness (QED) is 0.398. The van der Waals surface area contributed by atoms with Gasteiger partial charge in [0.1, 0.15) is 13.0 Å². The first-order valence-corrected chi connectivity index (χ1v) is 8.73. The van der Waals surface area contributed by atoms with Crippen molar-refractivity contribution in [3.63, 3.8) is 0 Å². The topological polar surface area (TPSA) is 44.1 Å². The minimum atomic E-state index is -0.398. The van der Waals surface area contributed by atoms with Gasteiger partial charge >= 0.3 is 5.97 Å². The smallest absolute Gasteiger partial charge is 0.306 e. The van der Waals surface area contributed by atoms with Crippen LogP contribution in [-0.2, 0) is 16.1 Å². The van der Waals surface area contributed by atoms with Gasteiger partial charge < -0.3 is 9.30 Å². The molecule has 0 N–H and O–H groups in total. The van der Waals surface area contributed by atoms with Crippen LogP contribution >= 0.6 is 67.8 Å². The zero-order chi connectivity index (χ0) is 13.9. The predicted octanol–water partition coefficient (Wildman–Crippen LogP) is 3.82. The molecule has 0 aliphatic heterocycles. The second-order valence-corrected chi connectivity index (χ2v) is 7.81. The zero-order valence-corrected chi connectivity index (χ0v) is 16.9. The molecule has 0 atom stereocenters. The van der Waals surface area contributed by atoms with E-state index in [0.29, 0.717) is 6.42 Å². The first-order valence-electron chi connectivity index (χ1n) is 5.49. The molecule has 0 amide bonds. The second kappa shape index (κ2) is 7.04. The van der Waals surface area contributed by atoms with Crippen LogP contribution in [0.2, 0.25) is 0 Å². The third-order valence-electron chi connectivity index (χ3n) is 2.00. The van der Waals surface area contributed by atoms with Crippen molar-refractivity contribution >= 4 is 73.7 Å². The summed E-state index contributed by atoms with van der Waals surface area (Å²) < 4.78 is 10.5. The Balaban J connectivity index is 2.45. The molecule has 1 aromatic rings. The fraction of sp³-hybridized carbons (Fsp3) is 0.636. The van der Waals surface area contributed by atoms with E-state index in [9.17, 15) is 4.79 Å². The molecule has 0 unspecified atom stereocenters. The van der Waals surface area contributed by atoms with Crippen molar-refractivity contribution in [3.8, 4) is 0 Å². The Hall–Kier alpha value is 0.870. The third-order valence-corrected chi connectivity index (χ3v) is 5.70. The molecule has 1 aromatic heterocycles. The van der Waals surface area contributed by atoms with Gasteiger partial charge in [-0.1, -0.05) is 0 Å². The van der Waals surface area contributed by atoms with Gasteiger partial charge in [0.25, 0.3) is 0 Å². The van der Waals surface area contributed by atoms with E-state index in [1.165, 1.54) is 0 Å². The number of hydrogen-bond acceptors (Lipinski definition) is 3. The van der Waals surface area contributed by atoms with Gasteiger partial charge in [-0.2, -0.15) is 0 Å². The number of aromatic nitrogens is 2. The fourth-order valence-corrected chi connectivity index (χ4v) is 4.10. The third kappa shape index (κ3) is 5.47. The first kappa shape index (κ1) is 16.9. The Morgan fingerprint density at radius 2 is 1.94 bits per heavy atom. The average molecular weight is 588 g/mol. The maximum Gasteiger partial charge on any atom is 0.306 e. The predicted molar refractivity (Wildman–Crippen MR) is 95.5 cm³/mol. The fourth-order valence-electron chi connectivity index (χ4n) is 1.34. The number of carbonyl (C=O) groups excluding carboxylic acids is 1. The van der Waals surface area contributed by atoms with E-state index < -0.39 is 5.60 Å². The van der Waals surface area contributed by atoms with Crippen molar-refractivity contribution in [2.75, 3.05) is 0 Å². The Morgan fingerprint density at radius 1 is 1.33 bits per heavy atom. The van der Waals surface area contributed by atoms with Gasteiger partial charge in [0, 0.05) is 13.0 Å². The molecule has 0 spiro atoms. The van der Waals surface area contributed by atoms with Gasteiger partial charge in [0.15, 0.2) is 3.83 Å². The summed E-state index contributed by atoms with van der Waals surface area (Å²) in [5, 5.41) is 0. The van der Waals surface area contributed by atoms with Crippen LogP contribution < -0.4 is 0 Å². The molecule has 102 valence electrons. The minimum absolute atomic E-state index is 0.137. The minimum Gasteiger partial charge on any atom is -0.460 e. The second-order valence-electron chi connectivity index (χ2n) is 4.80. The lowest BCUT2D eigenvalue weighted by Crippen LogP contribution is -2.23.